The number of benzene rings is 1. The monoisotopic (exact) mass is 552 g/mol. The van der Waals surface area contributed by atoms with E-state index in [1.165, 1.54) is 0 Å². The van der Waals surface area contributed by atoms with Crippen LogP contribution in [0.25, 0.3) is 0 Å². The minimum Gasteiger partial charge on any atom is -0.461 e. The molecule has 0 aliphatic heterocycles. The number of rotatable bonds is 20. The van der Waals surface area contributed by atoms with Gasteiger partial charge in [-0.05, 0) is 38.1 Å². The van der Waals surface area contributed by atoms with Crippen LogP contribution in [0, 0.1) is 0 Å². The maximum Gasteiger partial charge on any atom is 0.323 e. The minimum atomic E-state index is 0.178. The molecule has 3 rings (SSSR count). The average Bonchev–Trinajstić information content (AvgIpc) is 2.96. The van der Waals surface area contributed by atoms with Gasteiger partial charge < -0.3 is 40.2 Å². The molecule has 3 aromatic rings. The lowest BCUT2D eigenvalue weighted by Gasteiger charge is -2.12. The quantitative estimate of drug-likeness (QED) is 0.119. The number of hydrogen-bond donors (Lipinski definition) is 4. The SMILES string of the molecule is C=CCNc1nc(Nc2ccc(Nc3nc(NCC=C)nc(OCCOCC)n3)cc2)nc(OCCOCC)n1. The summed E-state index contributed by atoms with van der Waals surface area (Å²) in [5, 5.41) is 12.4. The summed E-state index contributed by atoms with van der Waals surface area (Å²) in [6, 6.07) is 7.78. The molecule has 0 fully saturated rings. The van der Waals surface area contributed by atoms with Crippen LogP contribution < -0.4 is 30.7 Å². The molecule has 14 nitrogen and oxygen atoms in total. The Balaban J connectivity index is 1.69. The molecule has 4 N–H and O–H groups in total. The standard InChI is InChI=1S/C26H36N10O4/c1-5-13-27-21-31-23(35-25(33-21)39-17-15-37-7-3)29-19-9-11-20(12-10-19)30-24-32-22(28-14-6-2)34-26(36-24)40-18-16-38-8-4/h5-6,9-12H,1-2,7-8,13-18H2,3-4H3,(H2,27,29,31,33,35)(H2,28,30,32,34,36). The Morgan fingerprint density at radius 1 is 0.600 bits per heavy atom. The van der Waals surface area contributed by atoms with Gasteiger partial charge in [0.15, 0.2) is 0 Å². The van der Waals surface area contributed by atoms with E-state index in [-0.39, 0.29) is 12.0 Å². The predicted octanol–water partition coefficient (Wildman–Crippen LogP) is 3.57. The molecule has 0 bridgehead atoms. The zero-order valence-electron chi connectivity index (χ0n) is 22.9. The Morgan fingerprint density at radius 2 is 1.00 bits per heavy atom. The lowest BCUT2D eigenvalue weighted by Crippen LogP contribution is -2.12. The zero-order chi connectivity index (χ0) is 28.4. The Morgan fingerprint density at radius 3 is 1.38 bits per heavy atom. The molecule has 0 radical (unpaired) electrons. The normalized spacial score (nSPS) is 10.4. The van der Waals surface area contributed by atoms with Crippen molar-refractivity contribution in [2.24, 2.45) is 0 Å². The van der Waals surface area contributed by atoms with Gasteiger partial charge in [-0.2, -0.15) is 29.9 Å². The highest BCUT2D eigenvalue weighted by molar-refractivity contribution is 5.62. The largest absolute Gasteiger partial charge is 0.461 e. The number of anilines is 6. The third kappa shape index (κ3) is 10.7. The van der Waals surface area contributed by atoms with Crippen LogP contribution >= 0.6 is 0 Å². The van der Waals surface area contributed by atoms with Crippen molar-refractivity contribution in [2.45, 2.75) is 13.8 Å². The summed E-state index contributed by atoms with van der Waals surface area (Å²) in [6.45, 7) is 14.9. The van der Waals surface area contributed by atoms with E-state index in [1.54, 1.807) is 12.2 Å². The summed E-state index contributed by atoms with van der Waals surface area (Å²) in [6.07, 6.45) is 3.42. The van der Waals surface area contributed by atoms with Crippen LogP contribution in [0.4, 0.5) is 35.2 Å². The first-order chi connectivity index (χ1) is 19.6. The molecule has 214 valence electrons. The van der Waals surface area contributed by atoms with E-state index in [2.05, 4.69) is 64.3 Å². The van der Waals surface area contributed by atoms with Gasteiger partial charge in [0, 0.05) is 37.7 Å². The molecule has 0 unspecified atom stereocenters. The maximum atomic E-state index is 5.62. The van der Waals surface area contributed by atoms with E-state index in [0.717, 1.165) is 11.4 Å². The molecule has 0 aliphatic rings. The highest BCUT2D eigenvalue weighted by Crippen LogP contribution is 2.21. The van der Waals surface area contributed by atoms with E-state index in [4.69, 9.17) is 18.9 Å². The highest BCUT2D eigenvalue weighted by Gasteiger charge is 2.10. The first-order valence-electron chi connectivity index (χ1n) is 12.9. The first kappa shape index (κ1) is 30.0. The van der Waals surface area contributed by atoms with Gasteiger partial charge in [-0.3, -0.25) is 0 Å². The van der Waals surface area contributed by atoms with E-state index < -0.39 is 0 Å². The summed E-state index contributed by atoms with van der Waals surface area (Å²) < 4.78 is 21.9. The second-order valence-electron chi connectivity index (χ2n) is 7.79. The number of nitrogens with one attached hydrogen (secondary N) is 4. The molecule has 0 aliphatic carbocycles. The molecule has 2 heterocycles. The number of hydrogen-bond acceptors (Lipinski definition) is 14. The fraction of sp³-hybridized carbons (Fsp3) is 0.385. The van der Waals surface area contributed by atoms with Crippen LogP contribution in [-0.4, -0.2) is 82.6 Å². The van der Waals surface area contributed by atoms with Crippen LogP contribution in [-0.2, 0) is 9.47 Å². The zero-order valence-corrected chi connectivity index (χ0v) is 22.9. The van der Waals surface area contributed by atoms with E-state index >= 15 is 0 Å². The molecular weight excluding hydrogens is 516 g/mol. The van der Waals surface area contributed by atoms with Gasteiger partial charge in [-0.1, -0.05) is 12.2 Å². The Kier molecular flexibility index (Phi) is 12.8. The maximum absolute atomic E-state index is 5.62. The smallest absolute Gasteiger partial charge is 0.323 e. The van der Waals surface area contributed by atoms with Gasteiger partial charge in [-0.25, -0.2) is 0 Å². The van der Waals surface area contributed by atoms with Crippen molar-refractivity contribution in [2.75, 3.05) is 74.0 Å². The fourth-order valence-electron chi connectivity index (χ4n) is 3.01. The third-order valence-corrected chi connectivity index (χ3v) is 4.76. The van der Waals surface area contributed by atoms with Crippen molar-refractivity contribution >= 4 is 35.2 Å². The van der Waals surface area contributed by atoms with Crippen molar-refractivity contribution in [1.29, 1.82) is 0 Å². The topological polar surface area (TPSA) is 162 Å². The second-order valence-corrected chi connectivity index (χ2v) is 7.79. The molecule has 0 atom stereocenters. The number of aromatic nitrogens is 6. The third-order valence-electron chi connectivity index (χ3n) is 4.76. The van der Waals surface area contributed by atoms with Gasteiger partial charge >= 0.3 is 12.0 Å². The first-order valence-corrected chi connectivity index (χ1v) is 12.9. The second kappa shape index (κ2) is 17.1. The summed E-state index contributed by atoms with van der Waals surface area (Å²) in [7, 11) is 0. The molecule has 0 saturated carbocycles. The van der Waals surface area contributed by atoms with Crippen LogP contribution in [0.15, 0.2) is 49.6 Å². The van der Waals surface area contributed by atoms with Crippen LogP contribution in [0.3, 0.4) is 0 Å². The number of nitrogens with zero attached hydrogens (tertiary/aromatic N) is 6. The van der Waals surface area contributed by atoms with Gasteiger partial charge in [0.1, 0.15) is 13.2 Å². The molecular formula is C26H36N10O4. The van der Waals surface area contributed by atoms with Crippen molar-refractivity contribution in [3.63, 3.8) is 0 Å². The van der Waals surface area contributed by atoms with Crippen molar-refractivity contribution < 1.29 is 18.9 Å². The Hall–Kier alpha value is -4.56. The van der Waals surface area contributed by atoms with Crippen molar-refractivity contribution in [3.8, 4) is 12.0 Å². The Labute approximate surface area is 233 Å². The van der Waals surface area contributed by atoms with Crippen molar-refractivity contribution in [3.05, 3.63) is 49.6 Å². The molecule has 40 heavy (non-hydrogen) atoms. The predicted molar refractivity (Wildman–Crippen MR) is 154 cm³/mol. The van der Waals surface area contributed by atoms with Crippen LogP contribution in [0.1, 0.15) is 13.8 Å². The summed E-state index contributed by atoms with van der Waals surface area (Å²) in [4.78, 5) is 26.0. The van der Waals surface area contributed by atoms with E-state index in [0.29, 0.717) is 76.5 Å². The summed E-state index contributed by atoms with van der Waals surface area (Å²) >= 11 is 0. The molecule has 14 heteroatoms. The van der Waals surface area contributed by atoms with E-state index in [9.17, 15) is 0 Å². The van der Waals surface area contributed by atoms with Crippen LogP contribution in [0.2, 0.25) is 0 Å². The highest BCUT2D eigenvalue weighted by atomic mass is 16.5. The lowest BCUT2D eigenvalue weighted by atomic mass is 10.3. The molecule has 0 amide bonds. The van der Waals surface area contributed by atoms with Gasteiger partial charge in [0.2, 0.25) is 23.8 Å². The molecule has 1 aromatic carbocycles. The van der Waals surface area contributed by atoms with Gasteiger partial charge in [0.05, 0.1) is 13.2 Å². The van der Waals surface area contributed by atoms with Crippen molar-refractivity contribution in [1.82, 2.24) is 29.9 Å². The van der Waals surface area contributed by atoms with Gasteiger partial charge in [0.25, 0.3) is 0 Å². The molecule has 2 aromatic heterocycles. The molecule has 0 saturated heterocycles. The van der Waals surface area contributed by atoms with Crippen LogP contribution in [0.5, 0.6) is 12.0 Å². The van der Waals surface area contributed by atoms with Gasteiger partial charge in [-0.15, -0.1) is 13.2 Å². The Bertz CT molecular complexity index is 1100. The molecule has 0 spiro atoms. The minimum absolute atomic E-state index is 0.178. The fourth-order valence-corrected chi connectivity index (χ4v) is 3.01. The average molecular weight is 553 g/mol. The number of ether oxygens (including phenoxy) is 4. The lowest BCUT2D eigenvalue weighted by molar-refractivity contribution is 0.106. The summed E-state index contributed by atoms with van der Waals surface area (Å²) in [5.41, 5.74) is 1.49. The van der Waals surface area contributed by atoms with E-state index in [1.807, 2.05) is 38.1 Å². The summed E-state index contributed by atoms with van der Waals surface area (Å²) in [5.74, 6) is 1.35.